The molecule has 0 atom stereocenters. The first-order valence-corrected chi connectivity index (χ1v) is 6.35. The van der Waals surface area contributed by atoms with Gasteiger partial charge in [-0.3, -0.25) is 14.3 Å². The highest BCUT2D eigenvalue weighted by Crippen LogP contribution is 2.09. The molecule has 0 spiro atoms. The Balaban J connectivity index is 2.37. The Morgan fingerprint density at radius 2 is 2.24 bits per heavy atom. The van der Waals surface area contributed by atoms with Crippen LogP contribution in [0.5, 0.6) is 0 Å². The molecule has 0 radical (unpaired) electrons. The summed E-state index contributed by atoms with van der Waals surface area (Å²) in [5.41, 5.74) is 1.42. The largest absolute Gasteiger partial charge is 0.292 e. The summed E-state index contributed by atoms with van der Waals surface area (Å²) in [6.45, 7) is 2.19. The minimum Gasteiger partial charge on any atom is -0.292 e. The number of nitrogens with zero attached hydrogens (tertiary/aromatic N) is 3. The van der Waals surface area contributed by atoms with E-state index in [9.17, 15) is 4.79 Å². The van der Waals surface area contributed by atoms with E-state index in [0.717, 1.165) is 11.4 Å². The Labute approximate surface area is 117 Å². The van der Waals surface area contributed by atoms with Crippen molar-refractivity contribution < 1.29 is 0 Å². The van der Waals surface area contributed by atoms with Gasteiger partial charge in [0.15, 0.2) is 0 Å². The molecule has 0 aliphatic rings. The number of halogens is 2. The van der Waals surface area contributed by atoms with Gasteiger partial charge in [0, 0.05) is 11.2 Å². The molecule has 2 aromatic rings. The van der Waals surface area contributed by atoms with Gasteiger partial charge in [0.25, 0.3) is 5.56 Å². The molecule has 0 saturated heterocycles. The maximum atomic E-state index is 11.9. The van der Waals surface area contributed by atoms with E-state index in [1.165, 1.54) is 10.9 Å². The van der Waals surface area contributed by atoms with Crippen LogP contribution < -0.4 is 5.56 Å². The van der Waals surface area contributed by atoms with Crippen LogP contribution in [0.1, 0.15) is 11.4 Å². The average molecular weight is 362 g/mol. The molecule has 0 amide bonds. The minimum absolute atomic E-state index is 0.0557. The fourth-order valence-corrected chi connectivity index (χ4v) is 2.00. The molecule has 0 aliphatic heterocycles. The molecular weight excluding hydrogens is 352 g/mol. The van der Waals surface area contributed by atoms with E-state index in [1.807, 2.05) is 29.5 Å². The molecule has 17 heavy (non-hydrogen) atoms. The van der Waals surface area contributed by atoms with Gasteiger partial charge in [-0.1, -0.05) is 11.6 Å². The van der Waals surface area contributed by atoms with Crippen molar-refractivity contribution in [1.29, 1.82) is 0 Å². The maximum Gasteiger partial charge on any atom is 0.267 e. The summed E-state index contributed by atoms with van der Waals surface area (Å²) >= 11 is 7.86. The van der Waals surface area contributed by atoms with Gasteiger partial charge in [0.2, 0.25) is 0 Å². The summed E-state index contributed by atoms with van der Waals surface area (Å²) in [7, 11) is 0. The van der Waals surface area contributed by atoms with E-state index >= 15 is 0 Å². The van der Waals surface area contributed by atoms with E-state index in [0.29, 0.717) is 15.1 Å². The standard InChI is InChI=1S/C11H9ClIN3O/c1-7-10(13)11(17)16(6-15-7)5-9-4-8(12)2-3-14-9/h2-4,6H,5H2,1H3. The van der Waals surface area contributed by atoms with Crippen LogP contribution in [0.2, 0.25) is 5.02 Å². The maximum absolute atomic E-state index is 11.9. The second-order valence-electron chi connectivity index (χ2n) is 3.54. The Bertz CT molecular complexity index is 612. The third kappa shape index (κ3) is 2.84. The van der Waals surface area contributed by atoms with Crippen molar-refractivity contribution >= 4 is 34.2 Å². The average Bonchev–Trinajstić information content (AvgIpc) is 2.30. The van der Waals surface area contributed by atoms with Crippen LogP contribution >= 0.6 is 34.2 Å². The Morgan fingerprint density at radius 3 is 2.94 bits per heavy atom. The monoisotopic (exact) mass is 361 g/mol. The molecule has 0 aliphatic carbocycles. The molecule has 0 fully saturated rings. The van der Waals surface area contributed by atoms with Crippen LogP contribution in [0.15, 0.2) is 29.5 Å². The number of aromatic nitrogens is 3. The van der Waals surface area contributed by atoms with Gasteiger partial charge in [-0.05, 0) is 41.6 Å². The zero-order chi connectivity index (χ0) is 12.4. The number of hydrogen-bond donors (Lipinski definition) is 0. The zero-order valence-corrected chi connectivity index (χ0v) is 11.9. The molecule has 0 unspecified atom stereocenters. The van der Waals surface area contributed by atoms with E-state index in [-0.39, 0.29) is 5.56 Å². The molecule has 0 bridgehead atoms. The summed E-state index contributed by atoms with van der Waals surface area (Å²) < 4.78 is 2.15. The van der Waals surface area contributed by atoms with Crippen molar-refractivity contribution in [2.75, 3.05) is 0 Å². The molecule has 6 heteroatoms. The van der Waals surface area contributed by atoms with E-state index in [4.69, 9.17) is 11.6 Å². The van der Waals surface area contributed by atoms with Gasteiger partial charge in [-0.25, -0.2) is 4.98 Å². The Hall–Kier alpha value is -0.950. The lowest BCUT2D eigenvalue weighted by atomic mass is 10.3. The molecule has 0 aromatic carbocycles. The fraction of sp³-hybridized carbons (Fsp3) is 0.182. The molecular formula is C11H9ClIN3O. The lowest BCUT2D eigenvalue weighted by Gasteiger charge is -2.06. The highest BCUT2D eigenvalue weighted by atomic mass is 127. The molecule has 0 saturated carbocycles. The predicted molar refractivity (Wildman–Crippen MR) is 74.3 cm³/mol. The van der Waals surface area contributed by atoms with Crippen LogP contribution in [0.3, 0.4) is 0 Å². The third-order valence-corrected chi connectivity index (χ3v) is 3.75. The van der Waals surface area contributed by atoms with Gasteiger partial charge in [-0.2, -0.15) is 0 Å². The highest BCUT2D eigenvalue weighted by molar-refractivity contribution is 14.1. The highest BCUT2D eigenvalue weighted by Gasteiger charge is 2.06. The normalized spacial score (nSPS) is 10.5. The summed E-state index contributed by atoms with van der Waals surface area (Å²) in [6, 6.07) is 3.44. The zero-order valence-electron chi connectivity index (χ0n) is 9.02. The van der Waals surface area contributed by atoms with Crippen LogP contribution in [0, 0.1) is 10.5 Å². The van der Waals surface area contributed by atoms with E-state index < -0.39 is 0 Å². The van der Waals surface area contributed by atoms with Crippen molar-refractivity contribution in [3.63, 3.8) is 0 Å². The third-order valence-electron chi connectivity index (χ3n) is 2.27. The van der Waals surface area contributed by atoms with Crippen LogP contribution in [-0.2, 0) is 6.54 Å². The van der Waals surface area contributed by atoms with Crippen LogP contribution in [0.4, 0.5) is 0 Å². The summed E-state index contributed by atoms with van der Waals surface area (Å²) in [4.78, 5) is 20.2. The first-order chi connectivity index (χ1) is 8.08. The minimum atomic E-state index is -0.0557. The van der Waals surface area contributed by atoms with Crippen molar-refractivity contribution in [3.8, 4) is 0 Å². The second-order valence-corrected chi connectivity index (χ2v) is 5.06. The lowest BCUT2D eigenvalue weighted by molar-refractivity contribution is 0.708. The summed E-state index contributed by atoms with van der Waals surface area (Å²) in [6.07, 6.45) is 3.15. The van der Waals surface area contributed by atoms with Crippen molar-refractivity contribution in [2.45, 2.75) is 13.5 Å². The Kier molecular flexibility index (Phi) is 3.78. The fourth-order valence-electron chi connectivity index (χ4n) is 1.37. The molecule has 4 nitrogen and oxygen atoms in total. The van der Waals surface area contributed by atoms with Crippen molar-refractivity contribution in [1.82, 2.24) is 14.5 Å². The molecule has 2 aromatic heterocycles. The number of rotatable bonds is 2. The predicted octanol–water partition coefficient (Wildman–Crippen LogP) is 2.25. The quantitative estimate of drug-likeness (QED) is 0.771. The van der Waals surface area contributed by atoms with Crippen LogP contribution in [-0.4, -0.2) is 14.5 Å². The topological polar surface area (TPSA) is 47.8 Å². The molecule has 0 N–H and O–H groups in total. The van der Waals surface area contributed by atoms with Crippen molar-refractivity contribution in [3.05, 3.63) is 55.0 Å². The van der Waals surface area contributed by atoms with E-state index in [2.05, 4.69) is 9.97 Å². The molecule has 2 rings (SSSR count). The van der Waals surface area contributed by atoms with Crippen LogP contribution in [0.25, 0.3) is 0 Å². The van der Waals surface area contributed by atoms with E-state index in [1.54, 1.807) is 18.3 Å². The first-order valence-electron chi connectivity index (χ1n) is 4.90. The van der Waals surface area contributed by atoms with Gasteiger partial charge in [-0.15, -0.1) is 0 Å². The van der Waals surface area contributed by atoms with Gasteiger partial charge < -0.3 is 0 Å². The number of aryl methyl sites for hydroxylation is 1. The first kappa shape index (κ1) is 12.5. The van der Waals surface area contributed by atoms with Gasteiger partial charge in [0.05, 0.1) is 27.8 Å². The summed E-state index contributed by atoms with van der Waals surface area (Å²) in [5.74, 6) is 0. The Morgan fingerprint density at radius 1 is 1.47 bits per heavy atom. The van der Waals surface area contributed by atoms with Crippen molar-refractivity contribution in [2.24, 2.45) is 0 Å². The van der Waals surface area contributed by atoms with Gasteiger partial charge in [0.1, 0.15) is 0 Å². The SMILES string of the molecule is Cc1ncn(Cc2cc(Cl)ccn2)c(=O)c1I. The smallest absolute Gasteiger partial charge is 0.267 e. The lowest BCUT2D eigenvalue weighted by Crippen LogP contribution is -2.24. The van der Waals surface area contributed by atoms with Gasteiger partial charge >= 0.3 is 0 Å². The number of pyridine rings is 1. The molecule has 88 valence electrons. The second kappa shape index (κ2) is 5.14. The number of hydrogen-bond acceptors (Lipinski definition) is 3. The molecule has 2 heterocycles. The summed E-state index contributed by atoms with van der Waals surface area (Å²) in [5, 5.41) is 0.609.